The molecule has 1 amide bonds. The van der Waals surface area contributed by atoms with E-state index in [2.05, 4.69) is 0 Å². The third-order valence-corrected chi connectivity index (χ3v) is 3.44. The third-order valence-electron chi connectivity index (χ3n) is 2.16. The summed E-state index contributed by atoms with van der Waals surface area (Å²) in [7, 11) is 0. The van der Waals surface area contributed by atoms with Crippen LogP contribution in [0.25, 0.3) is 0 Å². The molecular weight excluding hydrogens is 184 g/mol. The molecule has 70 valence electrons. The van der Waals surface area contributed by atoms with Crippen molar-refractivity contribution in [1.82, 2.24) is 4.90 Å². The Balaban J connectivity index is 2.05. The number of nitrogens with two attached hydrogens (primary N) is 1. The van der Waals surface area contributed by atoms with Crippen LogP contribution in [-0.4, -0.2) is 28.5 Å². The zero-order chi connectivity index (χ0) is 9.26. The summed E-state index contributed by atoms with van der Waals surface area (Å²) in [6, 6.07) is 0. The standard InChI is InChI=1S/C9H12N2OS/c10-3-1-2-7-5-11-8(12)4-9(11)13-6-7/h1-2,5,9H,3-4,6,10H2/t9-/m0/s1. The molecule has 3 nitrogen and oxygen atoms in total. The molecule has 2 rings (SSSR count). The molecule has 1 saturated heterocycles. The summed E-state index contributed by atoms with van der Waals surface area (Å²) >= 11 is 1.82. The van der Waals surface area contributed by atoms with Crippen LogP contribution in [0.4, 0.5) is 0 Å². The minimum atomic E-state index is 0.232. The van der Waals surface area contributed by atoms with Gasteiger partial charge in [-0.1, -0.05) is 12.2 Å². The van der Waals surface area contributed by atoms with Crippen molar-refractivity contribution in [3.05, 3.63) is 23.9 Å². The highest BCUT2D eigenvalue weighted by atomic mass is 32.2. The van der Waals surface area contributed by atoms with Gasteiger partial charge in [0.05, 0.1) is 11.8 Å². The van der Waals surface area contributed by atoms with Crippen molar-refractivity contribution in [2.24, 2.45) is 5.73 Å². The highest BCUT2D eigenvalue weighted by Gasteiger charge is 2.37. The van der Waals surface area contributed by atoms with E-state index in [4.69, 9.17) is 5.73 Å². The molecule has 0 unspecified atom stereocenters. The topological polar surface area (TPSA) is 46.3 Å². The number of hydrogen-bond donors (Lipinski definition) is 1. The number of amides is 1. The molecular formula is C9H12N2OS. The molecule has 2 aliphatic heterocycles. The molecule has 1 atom stereocenters. The Labute approximate surface area is 81.7 Å². The monoisotopic (exact) mass is 196 g/mol. The van der Waals surface area contributed by atoms with Crippen LogP contribution in [-0.2, 0) is 4.79 Å². The van der Waals surface area contributed by atoms with Gasteiger partial charge in [0.1, 0.15) is 0 Å². The van der Waals surface area contributed by atoms with Crippen molar-refractivity contribution in [2.45, 2.75) is 11.8 Å². The van der Waals surface area contributed by atoms with Crippen molar-refractivity contribution < 1.29 is 4.79 Å². The Hall–Kier alpha value is -0.740. The fourth-order valence-corrected chi connectivity index (χ4v) is 2.57. The van der Waals surface area contributed by atoms with Crippen LogP contribution in [0, 0.1) is 0 Å². The van der Waals surface area contributed by atoms with Gasteiger partial charge in [-0.3, -0.25) is 4.79 Å². The molecule has 2 heterocycles. The number of nitrogens with zero attached hydrogens (tertiary/aromatic N) is 1. The van der Waals surface area contributed by atoms with Gasteiger partial charge < -0.3 is 10.6 Å². The Bertz CT molecular complexity index is 285. The molecule has 1 fully saturated rings. The summed E-state index contributed by atoms with van der Waals surface area (Å²) in [6.07, 6.45) is 6.56. The van der Waals surface area contributed by atoms with Crippen LogP contribution in [0.3, 0.4) is 0 Å². The Morgan fingerprint density at radius 1 is 1.77 bits per heavy atom. The van der Waals surface area contributed by atoms with Crippen LogP contribution in [0.15, 0.2) is 23.9 Å². The van der Waals surface area contributed by atoms with E-state index in [-0.39, 0.29) is 5.91 Å². The molecule has 0 saturated carbocycles. The molecule has 4 heteroatoms. The fraction of sp³-hybridized carbons (Fsp3) is 0.444. The minimum absolute atomic E-state index is 0.232. The summed E-state index contributed by atoms with van der Waals surface area (Å²) in [5, 5.41) is 0.405. The number of β-lactam (4-membered cyclic amide) rings is 1. The molecule has 0 spiro atoms. The lowest BCUT2D eigenvalue weighted by molar-refractivity contribution is -0.137. The van der Waals surface area contributed by atoms with Gasteiger partial charge >= 0.3 is 0 Å². The number of carbonyl (C=O) groups is 1. The van der Waals surface area contributed by atoms with Crippen LogP contribution < -0.4 is 5.73 Å². The maximum atomic E-state index is 11.1. The second-order valence-corrected chi connectivity index (χ2v) is 4.28. The first-order valence-corrected chi connectivity index (χ1v) is 5.36. The van der Waals surface area contributed by atoms with Gasteiger partial charge in [-0.15, -0.1) is 11.8 Å². The Morgan fingerprint density at radius 2 is 2.62 bits per heavy atom. The highest BCUT2D eigenvalue weighted by Crippen LogP contribution is 2.35. The summed E-state index contributed by atoms with van der Waals surface area (Å²) in [6.45, 7) is 0.555. The predicted octanol–water partition coefficient (Wildman–Crippen LogP) is 0.690. The molecule has 0 radical (unpaired) electrons. The highest BCUT2D eigenvalue weighted by molar-refractivity contribution is 8.00. The van der Waals surface area contributed by atoms with E-state index >= 15 is 0 Å². The lowest BCUT2D eigenvalue weighted by atomic mass is 10.2. The van der Waals surface area contributed by atoms with Crippen LogP contribution in [0.2, 0.25) is 0 Å². The van der Waals surface area contributed by atoms with E-state index < -0.39 is 0 Å². The molecule has 2 N–H and O–H groups in total. The average molecular weight is 196 g/mol. The molecule has 0 aliphatic carbocycles. The molecule has 13 heavy (non-hydrogen) atoms. The number of carbonyl (C=O) groups excluding carboxylic acids is 1. The van der Waals surface area contributed by atoms with E-state index in [1.807, 2.05) is 35.0 Å². The van der Waals surface area contributed by atoms with Crippen molar-refractivity contribution in [3.63, 3.8) is 0 Å². The number of rotatable bonds is 2. The summed E-state index contributed by atoms with van der Waals surface area (Å²) < 4.78 is 0. The molecule has 0 aromatic heterocycles. The zero-order valence-corrected chi connectivity index (χ0v) is 8.09. The summed E-state index contributed by atoms with van der Waals surface area (Å²) in [4.78, 5) is 12.9. The quantitative estimate of drug-likeness (QED) is 0.661. The molecule has 0 bridgehead atoms. The van der Waals surface area contributed by atoms with Gasteiger partial charge in [-0.25, -0.2) is 0 Å². The van der Waals surface area contributed by atoms with Crippen molar-refractivity contribution >= 4 is 17.7 Å². The van der Waals surface area contributed by atoms with Crippen LogP contribution in [0.5, 0.6) is 0 Å². The second-order valence-electron chi connectivity index (χ2n) is 3.11. The maximum Gasteiger partial charge on any atom is 0.230 e. The minimum Gasteiger partial charge on any atom is -0.327 e. The third kappa shape index (κ3) is 1.64. The van der Waals surface area contributed by atoms with E-state index in [0.29, 0.717) is 18.3 Å². The number of thioether (sulfide) groups is 1. The Kier molecular flexibility index (Phi) is 2.42. The number of fused-ring (bicyclic) bond motifs is 1. The van der Waals surface area contributed by atoms with Crippen LogP contribution >= 0.6 is 11.8 Å². The van der Waals surface area contributed by atoms with Gasteiger partial charge in [0, 0.05) is 18.5 Å². The largest absolute Gasteiger partial charge is 0.327 e. The van der Waals surface area contributed by atoms with E-state index in [1.54, 1.807) is 0 Å². The summed E-state index contributed by atoms with van der Waals surface area (Å²) in [5.41, 5.74) is 6.53. The lowest BCUT2D eigenvalue weighted by Gasteiger charge is -2.40. The predicted molar refractivity (Wildman–Crippen MR) is 54.0 cm³/mol. The van der Waals surface area contributed by atoms with Crippen molar-refractivity contribution in [3.8, 4) is 0 Å². The first-order chi connectivity index (χ1) is 6.31. The maximum absolute atomic E-state index is 11.1. The van der Waals surface area contributed by atoms with Gasteiger partial charge in [-0.2, -0.15) is 0 Å². The smallest absolute Gasteiger partial charge is 0.230 e. The lowest BCUT2D eigenvalue weighted by Crippen LogP contribution is -2.49. The average Bonchev–Trinajstić information content (AvgIpc) is 2.14. The van der Waals surface area contributed by atoms with Gasteiger partial charge in [0.15, 0.2) is 0 Å². The Morgan fingerprint density at radius 3 is 3.31 bits per heavy atom. The second kappa shape index (κ2) is 3.55. The molecule has 0 aromatic rings. The molecule has 0 aromatic carbocycles. The number of hydrogen-bond acceptors (Lipinski definition) is 3. The number of allylic oxidation sites excluding steroid dienone is 1. The zero-order valence-electron chi connectivity index (χ0n) is 7.27. The normalized spacial score (nSPS) is 27.2. The summed E-state index contributed by atoms with van der Waals surface area (Å²) in [5.74, 6) is 1.22. The van der Waals surface area contributed by atoms with Crippen molar-refractivity contribution in [1.29, 1.82) is 0 Å². The molecule has 2 aliphatic rings. The van der Waals surface area contributed by atoms with E-state index in [9.17, 15) is 4.79 Å². The van der Waals surface area contributed by atoms with E-state index in [1.165, 1.54) is 5.57 Å². The SMILES string of the molecule is NCC=CC1=CN2C(=O)C[C@@H]2SC1. The fourth-order valence-electron chi connectivity index (χ4n) is 1.41. The van der Waals surface area contributed by atoms with Crippen LogP contribution in [0.1, 0.15) is 6.42 Å². The van der Waals surface area contributed by atoms with Gasteiger partial charge in [0.25, 0.3) is 0 Å². The first-order valence-electron chi connectivity index (χ1n) is 4.31. The van der Waals surface area contributed by atoms with E-state index in [0.717, 1.165) is 5.75 Å². The van der Waals surface area contributed by atoms with Crippen molar-refractivity contribution in [2.75, 3.05) is 12.3 Å². The van der Waals surface area contributed by atoms with Gasteiger partial charge in [0.2, 0.25) is 5.91 Å². The van der Waals surface area contributed by atoms with Gasteiger partial charge in [-0.05, 0) is 5.57 Å². The first kappa shape index (κ1) is 8.84.